The van der Waals surface area contributed by atoms with Crippen LogP contribution in [0.2, 0.25) is 0 Å². The Hall–Kier alpha value is -1.58. The summed E-state index contributed by atoms with van der Waals surface area (Å²) in [4.78, 5) is 23.1. The van der Waals surface area contributed by atoms with E-state index in [0.29, 0.717) is 0 Å². The molecule has 0 bridgehead atoms. The van der Waals surface area contributed by atoms with Crippen LogP contribution in [0.4, 0.5) is 0 Å². The fourth-order valence-electron chi connectivity index (χ4n) is 1.84. The number of nitrogens with zero attached hydrogens (tertiary/aromatic N) is 1. The second-order valence-corrected chi connectivity index (χ2v) is 4.56. The molecule has 0 radical (unpaired) electrons. The Morgan fingerprint density at radius 1 is 1.35 bits per heavy atom. The summed E-state index contributed by atoms with van der Waals surface area (Å²) in [7, 11) is 0. The molecule has 0 amide bonds. The van der Waals surface area contributed by atoms with E-state index in [9.17, 15) is 9.59 Å². The van der Waals surface area contributed by atoms with Crippen LogP contribution >= 0.6 is 0 Å². The van der Waals surface area contributed by atoms with Crippen LogP contribution < -0.4 is 5.56 Å². The van der Waals surface area contributed by atoms with Crippen LogP contribution in [-0.4, -0.2) is 15.6 Å². The molecule has 1 aromatic rings. The lowest BCUT2D eigenvalue weighted by Gasteiger charge is -2.21. The van der Waals surface area contributed by atoms with Crippen molar-refractivity contribution in [2.75, 3.05) is 0 Å². The lowest BCUT2D eigenvalue weighted by atomic mass is 10.1. The summed E-state index contributed by atoms with van der Waals surface area (Å²) >= 11 is 0. The first-order valence-corrected chi connectivity index (χ1v) is 5.88. The minimum atomic E-state index is -1.16. The Labute approximate surface area is 101 Å². The Morgan fingerprint density at radius 3 is 2.35 bits per heavy atom. The molecule has 1 rings (SSSR count). The van der Waals surface area contributed by atoms with E-state index in [0.717, 1.165) is 12.1 Å². The van der Waals surface area contributed by atoms with E-state index in [1.165, 1.54) is 6.07 Å². The first-order valence-electron chi connectivity index (χ1n) is 5.88. The number of pyridine rings is 1. The lowest BCUT2D eigenvalue weighted by Crippen LogP contribution is -2.31. The van der Waals surface area contributed by atoms with Gasteiger partial charge in [-0.15, -0.1) is 0 Å². The van der Waals surface area contributed by atoms with Gasteiger partial charge in [0, 0.05) is 11.7 Å². The molecule has 4 nitrogen and oxygen atoms in total. The molecule has 1 unspecified atom stereocenters. The van der Waals surface area contributed by atoms with Gasteiger partial charge in [-0.2, -0.15) is 0 Å². The fourth-order valence-corrected chi connectivity index (χ4v) is 1.84. The molecule has 0 aromatic carbocycles. The second kappa shape index (κ2) is 5.17. The molecule has 94 valence electrons. The number of aromatic nitrogens is 1. The van der Waals surface area contributed by atoms with E-state index in [2.05, 4.69) is 0 Å². The summed E-state index contributed by atoms with van der Waals surface area (Å²) in [6.45, 7) is 7.90. The van der Waals surface area contributed by atoms with E-state index in [1.807, 2.05) is 27.7 Å². The normalized spacial score (nSPS) is 12.8. The molecular formula is C13H19NO3. The van der Waals surface area contributed by atoms with Gasteiger partial charge in [0.25, 0.3) is 5.56 Å². The van der Waals surface area contributed by atoms with Crippen molar-refractivity contribution >= 4 is 5.97 Å². The first-order chi connectivity index (χ1) is 7.90. The predicted molar refractivity (Wildman–Crippen MR) is 66.8 cm³/mol. The molecule has 1 aromatic heterocycles. The summed E-state index contributed by atoms with van der Waals surface area (Å²) in [5.74, 6) is -0.970. The van der Waals surface area contributed by atoms with Gasteiger partial charge >= 0.3 is 5.97 Å². The van der Waals surface area contributed by atoms with Gasteiger partial charge in [-0.25, -0.2) is 4.79 Å². The van der Waals surface area contributed by atoms with Crippen molar-refractivity contribution in [1.82, 2.24) is 4.57 Å². The van der Waals surface area contributed by atoms with Crippen molar-refractivity contribution in [3.63, 3.8) is 0 Å². The molecular weight excluding hydrogens is 218 g/mol. The third-order valence-electron chi connectivity index (χ3n) is 3.00. The van der Waals surface area contributed by atoms with Crippen LogP contribution in [0.3, 0.4) is 0 Å². The Balaban J connectivity index is 3.53. The van der Waals surface area contributed by atoms with Crippen molar-refractivity contribution in [2.45, 2.75) is 46.1 Å². The number of carboxylic acid groups (broad SMARTS) is 1. The van der Waals surface area contributed by atoms with Crippen LogP contribution in [0.15, 0.2) is 16.9 Å². The minimum absolute atomic E-state index is 0.0131. The van der Waals surface area contributed by atoms with Gasteiger partial charge in [0.05, 0.1) is 0 Å². The number of hydrogen-bond acceptors (Lipinski definition) is 2. The zero-order valence-electron chi connectivity index (χ0n) is 10.7. The quantitative estimate of drug-likeness (QED) is 0.875. The molecule has 1 atom stereocenters. The highest BCUT2D eigenvalue weighted by Gasteiger charge is 2.18. The third-order valence-corrected chi connectivity index (χ3v) is 3.00. The van der Waals surface area contributed by atoms with Crippen molar-refractivity contribution in [2.24, 2.45) is 0 Å². The molecule has 0 aliphatic carbocycles. The van der Waals surface area contributed by atoms with E-state index in [1.54, 1.807) is 10.6 Å². The maximum Gasteiger partial charge on any atom is 0.341 e. The van der Waals surface area contributed by atoms with E-state index < -0.39 is 11.5 Å². The lowest BCUT2D eigenvalue weighted by molar-refractivity contribution is 0.0694. The maximum absolute atomic E-state index is 12.1. The van der Waals surface area contributed by atoms with Crippen molar-refractivity contribution in [3.05, 3.63) is 33.7 Å². The summed E-state index contributed by atoms with van der Waals surface area (Å²) < 4.78 is 1.61. The van der Waals surface area contributed by atoms with Crippen LogP contribution in [-0.2, 0) is 0 Å². The highest BCUT2D eigenvalue weighted by molar-refractivity contribution is 5.87. The molecule has 0 aliphatic heterocycles. The molecule has 4 heteroatoms. The average molecular weight is 237 g/mol. The van der Waals surface area contributed by atoms with Gasteiger partial charge in [-0.1, -0.05) is 20.8 Å². The highest BCUT2D eigenvalue weighted by Crippen LogP contribution is 2.18. The van der Waals surface area contributed by atoms with Crippen molar-refractivity contribution < 1.29 is 9.90 Å². The smallest absolute Gasteiger partial charge is 0.341 e. The molecule has 0 aliphatic rings. The van der Waals surface area contributed by atoms with Gasteiger partial charge in [-0.05, 0) is 31.4 Å². The number of carbonyl (C=O) groups is 1. The molecule has 0 fully saturated rings. The van der Waals surface area contributed by atoms with Crippen LogP contribution in [0, 0.1) is 0 Å². The highest BCUT2D eigenvalue weighted by atomic mass is 16.4. The monoisotopic (exact) mass is 237 g/mol. The van der Waals surface area contributed by atoms with Gasteiger partial charge in [0.1, 0.15) is 5.56 Å². The zero-order valence-corrected chi connectivity index (χ0v) is 10.7. The first kappa shape index (κ1) is 13.5. The van der Waals surface area contributed by atoms with Gasteiger partial charge < -0.3 is 9.67 Å². The number of carboxylic acids is 1. The molecule has 0 spiro atoms. The largest absolute Gasteiger partial charge is 0.477 e. The standard InChI is InChI=1S/C13H19NO3/c1-5-9(4)14-11(8(2)3)7-6-10(12(14)15)13(16)17/h6-9H,5H2,1-4H3,(H,16,17). The van der Waals surface area contributed by atoms with E-state index in [4.69, 9.17) is 5.11 Å². The van der Waals surface area contributed by atoms with Gasteiger partial charge in [-0.3, -0.25) is 4.79 Å². The van der Waals surface area contributed by atoms with Crippen LogP contribution in [0.1, 0.15) is 62.1 Å². The predicted octanol–water partition coefficient (Wildman–Crippen LogP) is 2.64. The minimum Gasteiger partial charge on any atom is -0.477 e. The second-order valence-electron chi connectivity index (χ2n) is 4.56. The summed E-state index contributed by atoms with van der Waals surface area (Å²) in [5, 5.41) is 8.96. The Bertz CT molecular complexity index is 474. The third kappa shape index (κ3) is 2.57. The van der Waals surface area contributed by atoms with E-state index >= 15 is 0 Å². The summed E-state index contributed by atoms with van der Waals surface area (Å²) in [6.07, 6.45) is 0.794. The van der Waals surface area contributed by atoms with Crippen molar-refractivity contribution in [3.8, 4) is 0 Å². The number of rotatable bonds is 4. The number of hydrogen-bond donors (Lipinski definition) is 1. The molecule has 1 N–H and O–H groups in total. The average Bonchev–Trinajstić information content (AvgIpc) is 2.26. The van der Waals surface area contributed by atoms with Gasteiger partial charge in [0.2, 0.25) is 0 Å². The van der Waals surface area contributed by atoms with Crippen LogP contribution in [0.5, 0.6) is 0 Å². The Kier molecular flexibility index (Phi) is 4.10. The topological polar surface area (TPSA) is 59.3 Å². The maximum atomic E-state index is 12.1. The molecule has 17 heavy (non-hydrogen) atoms. The Morgan fingerprint density at radius 2 is 1.94 bits per heavy atom. The molecule has 0 saturated heterocycles. The SMILES string of the molecule is CCC(C)n1c(C(C)C)ccc(C(=O)O)c1=O. The summed E-state index contributed by atoms with van der Waals surface area (Å²) in [5.41, 5.74) is 0.321. The van der Waals surface area contributed by atoms with E-state index in [-0.39, 0.29) is 17.5 Å². The van der Waals surface area contributed by atoms with Crippen molar-refractivity contribution in [1.29, 1.82) is 0 Å². The fraction of sp³-hybridized carbons (Fsp3) is 0.538. The molecule has 1 heterocycles. The van der Waals surface area contributed by atoms with Crippen LogP contribution in [0.25, 0.3) is 0 Å². The van der Waals surface area contributed by atoms with Gasteiger partial charge in [0.15, 0.2) is 0 Å². The molecule has 0 saturated carbocycles. The number of aromatic carboxylic acids is 1. The zero-order chi connectivity index (χ0) is 13.2. The summed E-state index contributed by atoms with van der Waals surface area (Å²) in [6, 6.07) is 3.15.